The van der Waals surface area contributed by atoms with Crippen LogP contribution in [-0.4, -0.2) is 62.0 Å². The maximum Gasteiger partial charge on any atom is 0.306 e. The molecule has 0 amide bonds. The Morgan fingerprint density at radius 2 is 1.90 bits per heavy atom. The first-order valence-corrected chi connectivity index (χ1v) is 7.22. The number of esters is 1. The Morgan fingerprint density at radius 1 is 1.25 bits per heavy atom. The van der Waals surface area contributed by atoms with Gasteiger partial charge in [0.15, 0.2) is 0 Å². The number of carbonyl (C=O) groups excluding carboxylic acids is 1. The van der Waals surface area contributed by atoms with Crippen LogP contribution in [0.3, 0.4) is 0 Å². The van der Waals surface area contributed by atoms with Gasteiger partial charge in [0.05, 0.1) is 31.3 Å². The van der Waals surface area contributed by atoms with Crippen molar-refractivity contribution < 1.29 is 19.0 Å². The lowest BCUT2D eigenvalue weighted by molar-refractivity contribution is -0.141. The zero-order valence-electron chi connectivity index (χ0n) is 13.7. The van der Waals surface area contributed by atoms with Crippen LogP contribution in [0.5, 0.6) is 0 Å². The molecule has 0 radical (unpaired) electrons. The molecule has 20 heavy (non-hydrogen) atoms. The fraction of sp³-hybridized carbons (Fsp3) is 0.933. The monoisotopic (exact) mass is 287 g/mol. The zero-order chi connectivity index (χ0) is 15.4. The van der Waals surface area contributed by atoms with Gasteiger partial charge in [-0.25, -0.2) is 0 Å². The molecule has 1 aliphatic heterocycles. The number of nitrogens with zero attached hydrogens (tertiary/aromatic N) is 1. The number of methoxy groups -OCH3 is 2. The quantitative estimate of drug-likeness (QED) is 0.669. The van der Waals surface area contributed by atoms with Crippen LogP contribution in [0, 0.1) is 0 Å². The molecule has 5 heteroatoms. The second kappa shape index (κ2) is 6.87. The minimum Gasteiger partial charge on any atom is -0.469 e. The van der Waals surface area contributed by atoms with E-state index in [0.29, 0.717) is 19.6 Å². The third-order valence-corrected chi connectivity index (χ3v) is 3.88. The molecule has 0 spiro atoms. The van der Waals surface area contributed by atoms with E-state index in [1.165, 1.54) is 7.11 Å². The predicted molar refractivity (Wildman–Crippen MR) is 77.7 cm³/mol. The van der Waals surface area contributed by atoms with Crippen LogP contribution in [0.15, 0.2) is 0 Å². The molecular formula is C15H29NO4. The summed E-state index contributed by atoms with van der Waals surface area (Å²) in [5.41, 5.74) is -0.363. The Kier molecular flexibility index (Phi) is 5.98. The van der Waals surface area contributed by atoms with Crippen LogP contribution < -0.4 is 0 Å². The van der Waals surface area contributed by atoms with E-state index in [9.17, 15) is 4.79 Å². The van der Waals surface area contributed by atoms with E-state index in [1.807, 2.05) is 0 Å². The Bertz CT molecular complexity index is 328. The highest BCUT2D eigenvalue weighted by Gasteiger charge is 2.48. The molecule has 1 heterocycles. The second-order valence-electron chi connectivity index (χ2n) is 6.54. The second-order valence-corrected chi connectivity index (χ2v) is 6.54. The van der Waals surface area contributed by atoms with Crippen molar-refractivity contribution in [1.82, 2.24) is 4.90 Å². The van der Waals surface area contributed by atoms with Crippen LogP contribution in [0.25, 0.3) is 0 Å². The molecule has 0 N–H and O–H groups in total. The molecule has 1 aliphatic rings. The molecule has 5 nitrogen and oxygen atoms in total. The SMILES string of the molecule is COCCN(CCC(=O)OC)C1CC(C)(C)OC1(C)C. The van der Waals surface area contributed by atoms with Crippen LogP contribution in [0.2, 0.25) is 0 Å². The molecule has 0 aromatic carbocycles. The fourth-order valence-electron chi connectivity index (χ4n) is 3.07. The van der Waals surface area contributed by atoms with Crippen molar-refractivity contribution in [2.75, 3.05) is 33.9 Å². The average molecular weight is 287 g/mol. The first-order valence-electron chi connectivity index (χ1n) is 7.22. The molecule has 1 fully saturated rings. The molecule has 1 rings (SSSR count). The van der Waals surface area contributed by atoms with Crippen molar-refractivity contribution in [3.05, 3.63) is 0 Å². The highest BCUT2D eigenvalue weighted by atomic mass is 16.5. The van der Waals surface area contributed by atoms with E-state index < -0.39 is 0 Å². The lowest BCUT2D eigenvalue weighted by Gasteiger charge is -2.36. The Morgan fingerprint density at radius 3 is 2.35 bits per heavy atom. The van der Waals surface area contributed by atoms with Gasteiger partial charge in [0, 0.05) is 26.2 Å². The van der Waals surface area contributed by atoms with Gasteiger partial charge in [-0.15, -0.1) is 0 Å². The molecule has 0 aromatic heterocycles. The van der Waals surface area contributed by atoms with Crippen LogP contribution >= 0.6 is 0 Å². The topological polar surface area (TPSA) is 48.0 Å². The van der Waals surface area contributed by atoms with E-state index in [4.69, 9.17) is 14.2 Å². The van der Waals surface area contributed by atoms with Crippen molar-refractivity contribution in [3.8, 4) is 0 Å². The Hall–Kier alpha value is -0.650. The number of carbonyl (C=O) groups is 1. The Labute approximate surface area is 122 Å². The van der Waals surface area contributed by atoms with Crippen molar-refractivity contribution in [2.45, 2.75) is 57.8 Å². The first kappa shape index (κ1) is 17.4. The van der Waals surface area contributed by atoms with E-state index in [2.05, 4.69) is 32.6 Å². The number of hydrogen-bond acceptors (Lipinski definition) is 5. The summed E-state index contributed by atoms with van der Waals surface area (Å²) in [6, 6.07) is 0.275. The molecule has 1 unspecified atom stereocenters. The van der Waals surface area contributed by atoms with Crippen LogP contribution in [0.4, 0.5) is 0 Å². The molecule has 1 atom stereocenters. The van der Waals surface area contributed by atoms with Crippen LogP contribution in [-0.2, 0) is 19.0 Å². The number of ether oxygens (including phenoxy) is 3. The summed E-state index contributed by atoms with van der Waals surface area (Å²) in [5.74, 6) is -0.177. The minimum absolute atomic E-state index is 0.134. The van der Waals surface area contributed by atoms with Crippen LogP contribution in [0.1, 0.15) is 40.5 Å². The highest BCUT2D eigenvalue weighted by Crippen LogP contribution is 2.40. The standard InChI is InChI=1S/C15H29NO4/c1-14(2)11-12(15(3,4)20-14)16(9-10-18-5)8-7-13(17)19-6/h12H,7-11H2,1-6H3. The maximum absolute atomic E-state index is 11.4. The molecular weight excluding hydrogens is 258 g/mol. The maximum atomic E-state index is 11.4. The van der Waals surface area contributed by atoms with Gasteiger partial charge in [-0.1, -0.05) is 0 Å². The van der Waals surface area contributed by atoms with Gasteiger partial charge >= 0.3 is 5.97 Å². The van der Waals surface area contributed by atoms with Crippen molar-refractivity contribution >= 4 is 5.97 Å². The summed E-state index contributed by atoms with van der Waals surface area (Å²) in [5, 5.41) is 0. The van der Waals surface area contributed by atoms with Gasteiger partial charge in [0.1, 0.15) is 0 Å². The summed E-state index contributed by atoms with van der Waals surface area (Å²) >= 11 is 0. The summed E-state index contributed by atoms with van der Waals surface area (Å²) in [4.78, 5) is 13.7. The molecule has 0 saturated carbocycles. The predicted octanol–water partition coefficient (Wildman–Crippen LogP) is 1.84. The number of hydrogen-bond donors (Lipinski definition) is 0. The number of rotatable bonds is 7. The smallest absolute Gasteiger partial charge is 0.306 e. The van der Waals surface area contributed by atoms with E-state index in [-0.39, 0.29) is 23.2 Å². The highest BCUT2D eigenvalue weighted by molar-refractivity contribution is 5.69. The molecule has 118 valence electrons. The van der Waals surface area contributed by atoms with Gasteiger partial charge in [-0.05, 0) is 34.1 Å². The van der Waals surface area contributed by atoms with Gasteiger partial charge in [-0.2, -0.15) is 0 Å². The van der Waals surface area contributed by atoms with E-state index in [0.717, 1.165) is 13.0 Å². The fourth-order valence-corrected chi connectivity index (χ4v) is 3.07. The minimum atomic E-state index is -0.229. The first-order chi connectivity index (χ1) is 9.22. The van der Waals surface area contributed by atoms with Gasteiger partial charge in [-0.3, -0.25) is 9.69 Å². The lowest BCUT2D eigenvalue weighted by Crippen LogP contribution is -2.48. The molecule has 0 aliphatic carbocycles. The van der Waals surface area contributed by atoms with E-state index >= 15 is 0 Å². The van der Waals surface area contributed by atoms with Gasteiger partial charge in [0.2, 0.25) is 0 Å². The third kappa shape index (κ3) is 4.72. The van der Waals surface area contributed by atoms with Crippen molar-refractivity contribution in [2.24, 2.45) is 0 Å². The molecule has 1 saturated heterocycles. The lowest BCUT2D eigenvalue weighted by atomic mass is 9.92. The van der Waals surface area contributed by atoms with Crippen molar-refractivity contribution in [1.29, 1.82) is 0 Å². The molecule has 0 bridgehead atoms. The largest absolute Gasteiger partial charge is 0.469 e. The van der Waals surface area contributed by atoms with E-state index in [1.54, 1.807) is 7.11 Å². The average Bonchev–Trinajstić information content (AvgIpc) is 2.57. The van der Waals surface area contributed by atoms with Gasteiger partial charge in [0.25, 0.3) is 0 Å². The summed E-state index contributed by atoms with van der Waals surface area (Å²) in [7, 11) is 3.12. The third-order valence-electron chi connectivity index (χ3n) is 3.88. The summed E-state index contributed by atoms with van der Waals surface area (Å²) in [6.07, 6.45) is 1.35. The normalized spacial score (nSPS) is 24.1. The van der Waals surface area contributed by atoms with Crippen molar-refractivity contribution in [3.63, 3.8) is 0 Å². The molecule has 0 aromatic rings. The zero-order valence-corrected chi connectivity index (χ0v) is 13.7. The Balaban J connectivity index is 2.73. The van der Waals surface area contributed by atoms with Gasteiger partial charge < -0.3 is 14.2 Å². The summed E-state index contributed by atoms with van der Waals surface area (Å²) < 4.78 is 16.1. The summed E-state index contributed by atoms with van der Waals surface area (Å²) in [6.45, 7) is 10.6.